The normalized spacial score (nSPS) is 15.8. The number of thioether (sulfide) groups is 1. The highest BCUT2D eigenvalue weighted by Gasteiger charge is 2.31. The van der Waals surface area contributed by atoms with Crippen LogP contribution in [0.25, 0.3) is 0 Å². The highest BCUT2D eigenvalue weighted by atomic mass is 32.2. The van der Waals surface area contributed by atoms with Crippen LogP contribution in [0.15, 0.2) is 29.2 Å². The molecule has 2 rings (SSSR count). The lowest BCUT2D eigenvalue weighted by molar-refractivity contribution is 0.113. The number of urea groups is 1. The molecule has 2 amide bonds. The van der Waals surface area contributed by atoms with Crippen molar-refractivity contribution in [3.05, 3.63) is 29.8 Å². The maximum Gasteiger partial charge on any atom is 0.317 e. The van der Waals surface area contributed by atoms with E-state index in [9.17, 15) is 9.90 Å². The summed E-state index contributed by atoms with van der Waals surface area (Å²) >= 11 is 1.70. The van der Waals surface area contributed by atoms with E-state index in [0.717, 1.165) is 18.4 Å². The smallest absolute Gasteiger partial charge is 0.317 e. The van der Waals surface area contributed by atoms with Crippen LogP contribution in [0.3, 0.4) is 0 Å². The first-order chi connectivity index (χ1) is 9.60. The van der Waals surface area contributed by atoms with Crippen LogP contribution < -0.4 is 5.32 Å². The van der Waals surface area contributed by atoms with Crippen molar-refractivity contribution in [2.75, 3.05) is 19.8 Å². The average molecular weight is 294 g/mol. The van der Waals surface area contributed by atoms with Gasteiger partial charge in [0.25, 0.3) is 0 Å². The maximum atomic E-state index is 11.9. The van der Waals surface area contributed by atoms with E-state index in [2.05, 4.69) is 5.32 Å². The van der Waals surface area contributed by atoms with Crippen LogP contribution in [-0.2, 0) is 6.54 Å². The van der Waals surface area contributed by atoms with Crippen molar-refractivity contribution in [2.45, 2.75) is 30.4 Å². The molecular formula is C15H22N2O2S. The quantitative estimate of drug-likeness (QED) is 0.792. The number of nitrogens with one attached hydrogen (secondary N) is 1. The number of hydrogen-bond acceptors (Lipinski definition) is 3. The molecule has 2 N–H and O–H groups in total. The van der Waals surface area contributed by atoms with Crippen molar-refractivity contribution >= 4 is 17.8 Å². The molecule has 4 nitrogen and oxygen atoms in total. The maximum absolute atomic E-state index is 11.9. The van der Waals surface area contributed by atoms with Gasteiger partial charge in [-0.05, 0) is 42.7 Å². The third kappa shape index (κ3) is 4.42. The first-order valence-electron chi connectivity index (χ1n) is 6.90. The number of carbonyl (C=O) groups is 1. The fraction of sp³-hybridized carbons (Fsp3) is 0.533. The summed E-state index contributed by atoms with van der Waals surface area (Å²) in [4.78, 5) is 14.7. The Balaban J connectivity index is 1.75. The molecule has 0 unspecified atom stereocenters. The molecule has 0 radical (unpaired) electrons. The number of nitrogens with zero attached hydrogens (tertiary/aromatic N) is 1. The zero-order chi connectivity index (χ0) is 14.5. The Hall–Kier alpha value is -1.20. The Morgan fingerprint density at radius 2 is 2.10 bits per heavy atom. The molecular weight excluding hydrogens is 272 g/mol. The molecule has 0 bridgehead atoms. The van der Waals surface area contributed by atoms with Gasteiger partial charge in [0.15, 0.2) is 0 Å². The molecule has 1 aromatic carbocycles. The van der Waals surface area contributed by atoms with E-state index in [1.165, 1.54) is 4.90 Å². The largest absolute Gasteiger partial charge is 0.391 e. The monoisotopic (exact) mass is 294 g/mol. The fourth-order valence-corrected chi connectivity index (χ4v) is 2.46. The molecule has 1 aliphatic carbocycles. The zero-order valence-electron chi connectivity index (χ0n) is 12.0. The summed E-state index contributed by atoms with van der Waals surface area (Å²) in [6, 6.07) is 7.99. The topological polar surface area (TPSA) is 52.6 Å². The van der Waals surface area contributed by atoms with Gasteiger partial charge in [0.2, 0.25) is 0 Å². The number of aliphatic hydroxyl groups excluding tert-OH is 1. The highest BCUT2D eigenvalue weighted by molar-refractivity contribution is 7.98. The minimum atomic E-state index is -0.383. The van der Waals surface area contributed by atoms with Crippen LogP contribution in [0.2, 0.25) is 0 Å². The molecule has 20 heavy (non-hydrogen) atoms. The lowest BCUT2D eigenvalue weighted by atomic mass is 10.2. The van der Waals surface area contributed by atoms with Gasteiger partial charge in [-0.25, -0.2) is 4.79 Å². The van der Waals surface area contributed by atoms with E-state index in [4.69, 9.17) is 0 Å². The van der Waals surface area contributed by atoms with Crippen LogP contribution in [-0.4, -0.2) is 42.0 Å². The molecule has 0 saturated heterocycles. The van der Waals surface area contributed by atoms with Crippen LogP contribution in [0.4, 0.5) is 4.79 Å². The molecule has 1 saturated carbocycles. The average Bonchev–Trinajstić information content (AvgIpc) is 3.29. The van der Waals surface area contributed by atoms with Gasteiger partial charge < -0.3 is 15.3 Å². The number of benzene rings is 1. The molecule has 1 atom stereocenters. The van der Waals surface area contributed by atoms with Gasteiger partial charge in [-0.2, -0.15) is 0 Å². The van der Waals surface area contributed by atoms with Crippen molar-refractivity contribution in [1.82, 2.24) is 10.2 Å². The van der Waals surface area contributed by atoms with Crippen molar-refractivity contribution in [2.24, 2.45) is 5.92 Å². The van der Waals surface area contributed by atoms with Crippen LogP contribution in [0, 0.1) is 5.92 Å². The van der Waals surface area contributed by atoms with E-state index in [0.29, 0.717) is 19.0 Å². The Morgan fingerprint density at radius 3 is 2.65 bits per heavy atom. The van der Waals surface area contributed by atoms with Crippen LogP contribution in [0.5, 0.6) is 0 Å². The minimum Gasteiger partial charge on any atom is -0.391 e. The van der Waals surface area contributed by atoms with Crippen molar-refractivity contribution in [3.8, 4) is 0 Å². The molecule has 0 aliphatic heterocycles. The number of aliphatic hydroxyl groups is 1. The van der Waals surface area contributed by atoms with Crippen molar-refractivity contribution in [1.29, 1.82) is 0 Å². The zero-order valence-corrected chi connectivity index (χ0v) is 12.8. The summed E-state index contributed by atoms with van der Waals surface area (Å²) in [6.07, 6.45) is 3.82. The number of rotatable bonds is 6. The summed E-state index contributed by atoms with van der Waals surface area (Å²) in [7, 11) is 1.72. The van der Waals surface area contributed by atoms with Gasteiger partial charge in [0, 0.05) is 25.0 Å². The predicted molar refractivity (Wildman–Crippen MR) is 81.8 cm³/mol. The number of likely N-dealkylation sites (N-methyl/N-ethyl adjacent to an activating group) is 1. The standard InChI is InChI=1S/C15H22N2O2S/c1-17(10-14(18)12-5-6-12)15(19)16-9-11-3-7-13(20-2)8-4-11/h3-4,7-8,12,14,18H,5-6,9-10H2,1-2H3,(H,16,19)/t14-/m0/s1. The summed E-state index contributed by atoms with van der Waals surface area (Å²) in [6.45, 7) is 0.916. The molecule has 0 spiro atoms. The fourth-order valence-electron chi connectivity index (χ4n) is 2.05. The molecule has 1 aromatic rings. The second-order valence-electron chi connectivity index (χ2n) is 5.29. The van der Waals surface area contributed by atoms with Gasteiger partial charge in [0.1, 0.15) is 0 Å². The third-order valence-electron chi connectivity index (χ3n) is 3.58. The molecule has 1 fully saturated rings. The van der Waals surface area contributed by atoms with E-state index < -0.39 is 0 Å². The number of hydrogen-bond donors (Lipinski definition) is 2. The summed E-state index contributed by atoms with van der Waals surface area (Å²) in [5.41, 5.74) is 1.08. The summed E-state index contributed by atoms with van der Waals surface area (Å²) in [5, 5.41) is 12.7. The molecule has 1 aliphatic rings. The molecule has 110 valence electrons. The second kappa shape index (κ2) is 6.99. The summed E-state index contributed by atoms with van der Waals surface area (Å²) < 4.78 is 0. The number of amides is 2. The first-order valence-corrected chi connectivity index (χ1v) is 8.12. The lowest BCUT2D eigenvalue weighted by Gasteiger charge is -2.21. The predicted octanol–water partition coefficient (Wildman–Crippen LogP) is 2.32. The second-order valence-corrected chi connectivity index (χ2v) is 6.17. The highest BCUT2D eigenvalue weighted by Crippen LogP contribution is 2.32. The van der Waals surface area contributed by atoms with Gasteiger partial charge in [-0.15, -0.1) is 11.8 Å². The van der Waals surface area contributed by atoms with E-state index >= 15 is 0 Å². The van der Waals surface area contributed by atoms with Crippen LogP contribution in [0.1, 0.15) is 18.4 Å². The lowest BCUT2D eigenvalue weighted by Crippen LogP contribution is -2.41. The molecule has 0 heterocycles. The Morgan fingerprint density at radius 1 is 1.45 bits per heavy atom. The van der Waals surface area contributed by atoms with Crippen molar-refractivity contribution < 1.29 is 9.90 Å². The Labute approximate surface area is 124 Å². The van der Waals surface area contributed by atoms with Crippen molar-refractivity contribution in [3.63, 3.8) is 0 Å². The SMILES string of the molecule is CSc1ccc(CNC(=O)N(C)C[C@H](O)C2CC2)cc1. The Kier molecular flexibility index (Phi) is 5.31. The summed E-state index contributed by atoms with van der Waals surface area (Å²) in [5.74, 6) is 0.393. The van der Waals surface area contributed by atoms with Gasteiger partial charge in [-0.3, -0.25) is 0 Å². The molecule has 5 heteroatoms. The number of carbonyl (C=O) groups excluding carboxylic acids is 1. The van der Waals surface area contributed by atoms with E-state index in [1.807, 2.05) is 30.5 Å². The van der Waals surface area contributed by atoms with Gasteiger partial charge in [0.05, 0.1) is 6.10 Å². The molecule has 0 aromatic heterocycles. The van der Waals surface area contributed by atoms with Crippen LogP contribution >= 0.6 is 11.8 Å². The first kappa shape index (κ1) is 15.2. The Bertz CT molecular complexity index is 446. The van der Waals surface area contributed by atoms with E-state index in [-0.39, 0.29) is 12.1 Å². The minimum absolute atomic E-state index is 0.140. The van der Waals surface area contributed by atoms with E-state index in [1.54, 1.807) is 23.7 Å². The van der Waals surface area contributed by atoms with Gasteiger partial charge >= 0.3 is 6.03 Å². The van der Waals surface area contributed by atoms with Gasteiger partial charge in [-0.1, -0.05) is 12.1 Å². The third-order valence-corrected chi connectivity index (χ3v) is 4.32.